The van der Waals surface area contributed by atoms with E-state index in [-0.39, 0.29) is 52.1 Å². The molecule has 0 aliphatic carbocycles. The van der Waals surface area contributed by atoms with Gasteiger partial charge in [-0.05, 0) is 117 Å². The smallest absolute Gasteiger partial charge is 0.328 e. The Morgan fingerprint density at radius 1 is 0.294 bits per heavy atom. The summed E-state index contributed by atoms with van der Waals surface area (Å²) in [4.78, 5) is 42.8. The van der Waals surface area contributed by atoms with Crippen LogP contribution in [0.25, 0.3) is 24.3 Å². The topological polar surface area (TPSA) is 230 Å². The second-order valence-corrected chi connectivity index (χ2v) is 27.2. The van der Waals surface area contributed by atoms with Gasteiger partial charge in [0.05, 0.1) is 0 Å². The molecule has 0 amide bonds. The van der Waals surface area contributed by atoms with Gasteiger partial charge in [0.2, 0.25) is 0 Å². The molecule has 0 unspecified atom stereocenters. The van der Waals surface area contributed by atoms with Crippen LogP contribution in [0.15, 0.2) is 123 Å². The Morgan fingerprint density at radius 2 is 0.424 bits per heavy atom. The molecule has 0 saturated heterocycles. The Bertz CT molecular complexity index is 2780. The number of carbonyl (C=O) groups is 4. The molecular formula is C73H100O12. The van der Waals surface area contributed by atoms with Crippen LogP contribution in [0, 0.1) is 0 Å². The van der Waals surface area contributed by atoms with Crippen molar-refractivity contribution in [2.24, 2.45) is 0 Å². The molecule has 4 aromatic carbocycles. The molecule has 4 rings (SSSR count). The highest BCUT2D eigenvalue weighted by molar-refractivity contribution is 5.87. The zero-order valence-electron chi connectivity index (χ0n) is 53.6. The maximum Gasteiger partial charge on any atom is 0.328 e. The van der Waals surface area contributed by atoms with E-state index in [1.54, 1.807) is 48.6 Å². The highest BCUT2D eigenvalue weighted by Gasteiger charge is 2.31. The lowest BCUT2D eigenvalue weighted by molar-refractivity contribution is -0.132. The van der Waals surface area contributed by atoms with Crippen molar-refractivity contribution < 1.29 is 60.0 Å². The molecule has 0 aliphatic heterocycles. The number of rotatable bonds is 16. The van der Waals surface area contributed by atoms with Crippen LogP contribution in [0.5, 0.6) is 23.0 Å². The molecule has 0 spiro atoms. The minimum atomic E-state index is -0.995. The van der Waals surface area contributed by atoms with Crippen molar-refractivity contribution >= 4 is 48.2 Å². The second kappa shape index (κ2) is 29.6. The number of phenols is 4. The van der Waals surface area contributed by atoms with E-state index in [9.17, 15) is 39.6 Å². The lowest BCUT2D eigenvalue weighted by Crippen LogP contribution is -2.18. The summed E-state index contributed by atoms with van der Waals surface area (Å²) in [5.74, 6) is -2.98. The van der Waals surface area contributed by atoms with E-state index in [1.807, 2.05) is 187 Å². The first kappa shape index (κ1) is 76.9. The fourth-order valence-corrected chi connectivity index (χ4v) is 8.37. The van der Waals surface area contributed by atoms with Crippen molar-refractivity contribution in [3.63, 3.8) is 0 Å². The molecule has 0 bridgehead atoms. The van der Waals surface area contributed by atoms with Gasteiger partial charge in [-0.15, -0.1) is 26.3 Å². The summed E-state index contributed by atoms with van der Waals surface area (Å²) in [6.07, 6.45) is 17.7. The fraction of sp³-hybridized carbons (Fsp3) is 0.397. The maximum atomic E-state index is 10.7. The molecule has 4 aromatic rings. The molecular weight excluding hydrogens is 1070 g/mol. The SMILES string of the molecule is C.C=CC(C)(C)c1cc(C=CC(=O)O)cc(C(C)(C)C)c1O.C=CC(C)(C)c1cc(C=CC(=O)O)cc(C(C)(C)C)c1O.C=CC(C)(C)c1cc(C=CC(=O)O)cc(C(C)(C)C)c1O.C=CC(C)(C)c1cc(C=CC(=O)O)cc(C(C)(C)C)c1O. The fourth-order valence-electron chi connectivity index (χ4n) is 8.37. The number of hydrogen-bond acceptors (Lipinski definition) is 8. The summed E-state index contributed by atoms with van der Waals surface area (Å²) in [7, 11) is 0. The lowest BCUT2D eigenvalue weighted by Gasteiger charge is -2.28. The average Bonchev–Trinajstić information content (AvgIpc) is 3.36. The van der Waals surface area contributed by atoms with Crippen LogP contribution in [0.3, 0.4) is 0 Å². The molecule has 0 saturated carbocycles. The van der Waals surface area contributed by atoms with E-state index in [1.165, 1.54) is 0 Å². The van der Waals surface area contributed by atoms with Crippen molar-refractivity contribution in [3.05, 3.63) is 190 Å². The molecule has 8 N–H and O–H groups in total. The van der Waals surface area contributed by atoms with Crippen LogP contribution < -0.4 is 0 Å². The minimum absolute atomic E-state index is 0. The van der Waals surface area contributed by atoms with Crippen LogP contribution in [0.4, 0.5) is 0 Å². The third-order valence-electron chi connectivity index (χ3n) is 14.3. The number of phenolic OH excluding ortho intramolecular Hbond substituents is 4. The monoisotopic (exact) mass is 1170 g/mol. The minimum Gasteiger partial charge on any atom is -0.507 e. The zero-order valence-corrected chi connectivity index (χ0v) is 53.6. The summed E-state index contributed by atoms with van der Waals surface area (Å²) >= 11 is 0. The third-order valence-corrected chi connectivity index (χ3v) is 14.3. The van der Waals surface area contributed by atoms with Gasteiger partial charge in [0.25, 0.3) is 0 Å². The van der Waals surface area contributed by atoms with Crippen LogP contribution >= 0.6 is 0 Å². The van der Waals surface area contributed by atoms with Gasteiger partial charge in [0.15, 0.2) is 0 Å². The summed E-state index contributed by atoms with van der Waals surface area (Å²) in [5.41, 5.74) is 6.56. The maximum absolute atomic E-state index is 10.7. The van der Waals surface area contributed by atoms with Crippen molar-refractivity contribution in [2.45, 2.75) is 189 Å². The molecule has 0 aromatic heterocycles. The quantitative estimate of drug-likeness (QED) is 0.0387. The zero-order chi connectivity index (χ0) is 65.7. The molecule has 85 heavy (non-hydrogen) atoms. The normalized spacial score (nSPS) is 12.5. The summed E-state index contributed by atoms with van der Waals surface area (Å²) < 4.78 is 0. The van der Waals surface area contributed by atoms with Gasteiger partial charge in [-0.3, -0.25) is 0 Å². The molecule has 0 fully saturated rings. The van der Waals surface area contributed by atoms with Crippen molar-refractivity contribution in [3.8, 4) is 23.0 Å². The Labute approximate surface area is 508 Å². The van der Waals surface area contributed by atoms with Crippen molar-refractivity contribution in [1.82, 2.24) is 0 Å². The number of aliphatic carboxylic acids is 4. The molecule has 0 radical (unpaired) electrons. The van der Waals surface area contributed by atoms with E-state index in [2.05, 4.69) is 26.3 Å². The predicted molar refractivity (Wildman–Crippen MR) is 354 cm³/mol. The van der Waals surface area contributed by atoms with E-state index in [0.717, 1.165) is 91.1 Å². The summed E-state index contributed by atoms with van der Waals surface area (Å²) in [6, 6.07) is 14.6. The molecule has 0 aliphatic rings. The second-order valence-electron chi connectivity index (χ2n) is 27.2. The van der Waals surface area contributed by atoms with Crippen LogP contribution in [-0.4, -0.2) is 64.7 Å². The first-order valence-electron chi connectivity index (χ1n) is 27.7. The van der Waals surface area contributed by atoms with Gasteiger partial charge >= 0.3 is 23.9 Å². The Kier molecular flexibility index (Phi) is 26.8. The van der Waals surface area contributed by atoms with Crippen LogP contribution in [-0.2, 0) is 62.5 Å². The Morgan fingerprint density at radius 3 is 0.529 bits per heavy atom. The highest BCUT2D eigenvalue weighted by Crippen LogP contribution is 2.45. The Hall–Kier alpha value is -8.12. The number of benzene rings is 4. The molecule has 0 heterocycles. The first-order valence-corrected chi connectivity index (χ1v) is 27.7. The van der Waals surface area contributed by atoms with Gasteiger partial charge in [-0.2, -0.15) is 0 Å². The molecule has 464 valence electrons. The number of hydrogen-bond donors (Lipinski definition) is 8. The van der Waals surface area contributed by atoms with E-state index >= 15 is 0 Å². The van der Waals surface area contributed by atoms with E-state index in [0.29, 0.717) is 0 Å². The van der Waals surface area contributed by atoms with Crippen LogP contribution in [0.2, 0.25) is 0 Å². The van der Waals surface area contributed by atoms with Gasteiger partial charge in [0.1, 0.15) is 23.0 Å². The van der Waals surface area contributed by atoms with Gasteiger partial charge in [-0.25, -0.2) is 19.2 Å². The van der Waals surface area contributed by atoms with Gasteiger partial charge in [-0.1, -0.05) is 170 Å². The molecule has 0 atom stereocenters. The van der Waals surface area contributed by atoms with Gasteiger partial charge < -0.3 is 40.9 Å². The largest absolute Gasteiger partial charge is 0.507 e. The number of aromatic hydroxyl groups is 4. The van der Waals surface area contributed by atoms with Crippen molar-refractivity contribution in [1.29, 1.82) is 0 Å². The number of carboxylic acids is 4. The highest BCUT2D eigenvalue weighted by atomic mass is 16.4. The average molecular weight is 1170 g/mol. The Balaban J connectivity index is 0.00000110. The van der Waals surface area contributed by atoms with E-state index < -0.39 is 45.5 Å². The summed E-state index contributed by atoms with van der Waals surface area (Å²) in [5, 5.41) is 77.5. The lowest BCUT2D eigenvalue weighted by atomic mass is 9.77. The molecule has 12 nitrogen and oxygen atoms in total. The predicted octanol–water partition coefficient (Wildman–Crippen LogP) is 17.6. The number of carboxylic acid groups (broad SMARTS) is 4. The number of allylic oxidation sites excluding steroid dienone is 4. The standard InChI is InChI=1S/4C18H24O3.CH4/c4*1-7-18(5,6)14-11-12(8-9-15(19)20)10-13(16(14)21)17(2,3)4;/h4*7-11,21H,1H2,2-6H3,(H,19,20);1H4. The third kappa shape index (κ3) is 22.4. The van der Waals surface area contributed by atoms with Gasteiger partial charge in [0, 0.05) is 90.5 Å². The van der Waals surface area contributed by atoms with Crippen LogP contribution in [0.1, 0.15) is 213 Å². The van der Waals surface area contributed by atoms with E-state index in [4.69, 9.17) is 20.4 Å². The van der Waals surface area contributed by atoms with Crippen molar-refractivity contribution in [2.75, 3.05) is 0 Å². The summed E-state index contributed by atoms with van der Waals surface area (Å²) in [6.45, 7) is 55.1. The first-order chi connectivity index (χ1) is 37.9. The molecule has 12 heteroatoms.